The van der Waals surface area contributed by atoms with E-state index >= 15 is 0 Å². The molecule has 2 bridgehead atoms. The molecule has 0 amide bonds. The van der Waals surface area contributed by atoms with Crippen LogP contribution in [0.5, 0.6) is 0 Å². The standard InChI is InChI=1S/C12H16O4S/c1-2-5-6-3-7-8(5)12(14)16-10(7)9(6)11(13)15-4-17/h5-10,17H,2-4H2,1H3. The van der Waals surface area contributed by atoms with E-state index in [1.807, 2.05) is 0 Å². The Labute approximate surface area is 105 Å². The van der Waals surface area contributed by atoms with Crippen LogP contribution in [0.25, 0.3) is 0 Å². The van der Waals surface area contributed by atoms with Crippen LogP contribution in [0.3, 0.4) is 0 Å². The predicted octanol–water partition coefficient (Wildman–Crippen LogP) is 1.25. The molecule has 3 rings (SSSR count). The van der Waals surface area contributed by atoms with Gasteiger partial charge in [0.05, 0.1) is 11.8 Å². The fraction of sp³-hybridized carbons (Fsp3) is 0.833. The lowest BCUT2D eigenvalue weighted by atomic mass is 9.73. The van der Waals surface area contributed by atoms with Crippen LogP contribution in [0.1, 0.15) is 19.8 Å². The molecule has 0 aromatic rings. The van der Waals surface area contributed by atoms with Crippen molar-refractivity contribution in [3.05, 3.63) is 0 Å². The Kier molecular flexibility index (Phi) is 2.61. The minimum Gasteiger partial charge on any atom is -0.461 e. The summed E-state index contributed by atoms with van der Waals surface area (Å²) in [4.78, 5) is 23.7. The van der Waals surface area contributed by atoms with E-state index in [2.05, 4.69) is 19.6 Å². The van der Waals surface area contributed by atoms with Gasteiger partial charge in [0, 0.05) is 5.92 Å². The molecule has 17 heavy (non-hydrogen) atoms. The van der Waals surface area contributed by atoms with Crippen molar-refractivity contribution in [1.82, 2.24) is 0 Å². The van der Waals surface area contributed by atoms with Crippen molar-refractivity contribution in [2.75, 3.05) is 5.94 Å². The summed E-state index contributed by atoms with van der Waals surface area (Å²) in [5, 5.41) is 0. The molecule has 2 saturated carbocycles. The number of rotatable bonds is 3. The zero-order valence-electron chi connectivity index (χ0n) is 9.67. The van der Waals surface area contributed by atoms with Gasteiger partial charge in [-0.1, -0.05) is 13.3 Å². The molecule has 6 atom stereocenters. The van der Waals surface area contributed by atoms with E-state index < -0.39 is 0 Å². The molecular weight excluding hydrogens is 240 g/mol. The second-order valence-electron chi connectivity index (χ2n) is 5.18. The molecule has 1 aliphatic heterocycles. The number of thiol groups is 1. The molecule has 2 aliphatic carbocycles. The maximum absolute atomic E-state index is 11.9. The van der Waals surface area contributed by atoms with Crippen LogP contribution >= 0.6 is 12.6 Å². The van der Waals surface area contributed by atoms with Crippen molar-refractivity contribution in [1.29, 1.82) is 0 Å². The van der Waals surface area contributed by atoms with E-state index in [1.54, 1.807) is 0 Å². The Hall–Kier alpha value is -0.710. The Morgan fingerprint density at radius 2 is 2.29 bits per heavy atom. The first-order valence-corrected chi connectivity index (χ1v) is 6.80. The molecule has 0 aromatic heterocycles. The van der Waals surface area contributed by atoms with Crippen molar-refractivity contribution in [3.8, 4) is 0 Å². The molecule has 0 radical (unpaired) electrons. The molecule has 4 nitrogen and oxygen atoms in total. The number of carbonyl (C=O) groups excluding carboxylic acids is 2. The second kappa shape index (κ2) is 3.90. The van der Waals surface area contributed by atoms with E-state index in [0.29, 0.717) is 5.92 Å². The summed E-state index contributed by atoms with van der Waals surface area (Å²) < 4.78 is 10.4. The molecule has 3 aliphatic rings. The van der Waals surface area contributed by atoms with Crippen LogP contribution in [-0.4, -0.2) is 24.0 Å². The average Bonchev–Trinajstić information content (AvgIpc) is 2.88. The van der Waals surface area contributed by atoms with Crippen molar-refractivity contribution in [2.24, 2.45) is 29.6 Å². The average molecular weight is 256 g/mol. The van der Waals surface area contributed by atoms with E-state index in [1.165, 1.54) is 0 Å². The quantitative estimate of drug-likeness (QED) is 0.469. The van der Waals surface area contributed by atoms with Crippen LogP contribution in [0.4, 0.5) is 0 Å². The Morgan fingerprint density at radius 3 is 2.94 bits per heavy atom. The highest BCUT2D eigenvalue weighted by Crippen LogP contribution is 2.61. The minimum absolute atomic E-state index is 0.0371. The molecular formula is C12H16O4S. The Balaban J connectivity index is 1.89. The third-order valence-corrected chi connectivity index (χ3v) is 4.86. The summed E-state index contributed by atoms with van der Waals surface area (Å²) in [5.41, 5.74) is 0. The largest absolute Gasteiger partial charge is 0.461 e. The number of ether oxygens (including phenoxy) is 2. The van der Waals surface area contributed by atoms with Crippen LogP contribution in [0.15, 0.2) is 0 Å². The SMILES string of the molecule is CCC1C2CC3C(OC(=O)C13)C2C(=O)OCS. The zero-order valence-corrected chi connectivity index (χ0v) is 10.6. The van der Waals surface area contributed by atoms with E-state index in [-0.39, 0.29) is 47.7 Å². The molecule has 0 spiro atoms. The highest BCUT2D eigenvalue weighted by Gasteiger charge is 2.67. The summed E-state index contributed by atoms with van der Waals surface area (Å²) in [6.45, 7) is 2.08. The molecule has 6 unspecified atom stereocenters. The normalized spacial score (nSPS) is 46.1. The summed E-state index contributed by atoms with van der Waals surface area (Å²) in [7, 11) is 0. The smallest absolute Gasteiger partial charge is 0.313 e. The molecule has 1 saturated heterocycles. The van der Waals surface area contributed by atoms with Gasteiger partial charge in [0.2, 0.25) is 0 Å². The van der Waals surface area contributed by atoms with Gasteiger partial charge in [0.15, 0.2) is 0 Å². The lowest BCUT2D eigenvalue weighted by Gasteiger charge is -2.29. The van der Waals surface area contributed by atoms with Crippen molar-refractivity contribution in [3.63, 3.8) is 0 Å². The topological polar surface area (TPSA) is 52.6 Å². The van der Waals surface area contributed by atoms with E-state index in [4.69, 9.17) is 9.47 Å². The number of fused-ring (bicyclic) bond motifs is 1. The Bertz CT molecular complexity index is 370. The van der Waals surface area contributed by atoms with Crippen LogP contribution < -0.4 is 0 Å². The summed E-state index contributed by atoms with van der Waals surface area (Å²) in [6.07, 6.45) is 1.64. The minimum atomic E-state index is -0.250. The van der Waals surface area contributed by atoms with Gasteiger partial charge >= 0.3 is 11.9 Å². The van der Waals surface area contributed by atoms with E-state index in [9.17, 15) is 9.59 Å². The summed E-state index contributed by atoms with van der Waals surface area (Å²) >= 11 is 3.90. The highest BCUT2D eigenvalue weighted by molar-refractivity contribution is 7.80. The molecule has 0 N–H and O–H groups in total. The molecule has 94 valence electrons. The maximum Gasteiger partial charge on any atom is 0.313 e. The third-order valence-electron chi connectivity index (χ3n) is 4.73. The molecule has 0 aromatic carbocycles. The highest BCUT2D eigenvalue weighted by atomic mass is 32.1. The van der Waals surface area contributed by atoms with Gasteiger partial charge < -0.3 is 9.47 Å². The summed E-state index contributed by atoms with van der Waals surface area (Å²) in [5.74, 6) is 0.333. The van der Waals surface area contributed by atoms with Gasteiger partial charge in [-0.15, -0.1) is 12.6 Å². The fourth-order valence-corrected chi connectivity index (χ4v) is 4.36. The van der Waals surface area contributed by atoms with Gasteiger partial charge in [-0.3, -0.25) is 9.59 Å². The van der Waals surface area contributed by atoms with Gasteiger partial charge in [0.1, 0.15) is 12.0 Å². The number of esters is 2. The third kappa shape index (κ3) is 1.38. The van der Waals surface area contributed by atoms with Gasteiger partial charge in [0.25, 0.3) is 0 Å². The molecule has 3 fully saturated rings. The number of hydrogen-bond acceptors (Lipinski definition) is 5. The first-order valence-electron chi connectivity index (χ1n) is 6.17. The molecule has 1 heterocycles. The first kappa shape index (κ1) is 11.4. The number of carbonyl (C=O) groups is 2. The van der Waals surface area contributed by atoms with Gasteiger partial charge in [-0.05, 0) is 18.3 Å². The van der Waals surface area contributed by atoms with E-state index in [0.717, 1.165) is 12.8 Å². The van der Waals surface area contributed by atoms with Crippen LogP contribution in [0, 0.1) is 29.6 Å². The first-order chi connectivity index (χ1) is 8.19. The molecule has 5 heteroatoms. The lowest BCUT2D eigenvalue weighted by Crippen LogP contribution is -2.38. The fourth-order valence-electron chi connectivity index (χ4n) is 4.23. The van der Waals surface area contributed by atoms with Crippen molar-refractivity contribution < 1.29 is 19.1 Å². The lowest BCUT2D eigenvalue weighted by molar-refractivity contribution is -0.155. The number of hydrogen-bond donors (Lipinski definition) is 1. The zero-order chi connectivity index (χ0) is 12.2. The van der Waals surface area contributed by atoms with Crippen LogP contribution in [0.2, 0.25) is 0 Å². The maximum atomic E-state index is 11.9. The monoisotopic (exact) mass is 256 g/mol. The predicted molar refractivity (Wildman–Crippen MR) is 62.2 cm³/mol. The van der Waals surface area contributed by atoms with Gasteiger partial charge in [-0.25, -0.2) is 0 Å². The van der Waals surface area contributed by atoms with Gasteiger partial charge in [-0.2, -0.15) is 0 Å². The second-order valence-corrected chi connectivity index (χ2v) is 5.44. The van der Waals surface area contributed by atoms with Crippen molar-refractivity contribution >= 4 is 24.6 Å². The van der Waals surface area contributed by atoms with Crippen LogP contribution in [-0.2, 0) is 19.1 Å². The van der Waals surface area contributed by atoms with Crippen molar-refractivity contribution in [2.45, 2.75) is 25.9 Å². The Morgan fingerprint density at radius 1 is 1.53 bits per heavy atom. The summed E-state index contributed by atoms with van der Waals surface area (Å²) in [6, 6.07) is 0.